The molecule has 1 aromatic carbocycles. The van der Waals surface area contributed by atoms with Crippen molar-refractivity contribution in [1.82, 2.24) is 10.4 Å². The molecule has 0 amide bonds. The van der Waals surface area contributed by atoms with Crippen LogP contribution in [0.3, 0.4) is 0 Å². The zero-order chi connectivity index (χ0) is 14.2. The molecule has 0 bridgehead atoms. The minimum atomic E-state index is -1.50. The van der Waals surface area contributed by atoms with E-state index in [0.29, 0.717) is 10.6 Å². The van der Waals surface area contributed by atoms with Gasteiger partial charge in [-0.2, -0.15) is 0 Å². The van der Waals surface area contributed by atoms with Gasteiger partial charge in [-0.3, -0.25) is 5.84 Å². The van der Waals surface area contributed by atoms with Gasteiger partial charge in [0.15, 0.2) is 17.5 Å². The summed E-state index contributed by atoms with van der Waals surface area (Å²) >= 11 is 1.32. The van der Waals surface area contributed by atoms with E-state index >= 15 is 0 Å². The third-order valence-electron chi connectivity index (χ3n) is 2.74. The highest BCUT2D eigenvalue weighted by Crippen LogP contribution is 2.31. The average molecular weight is 287 g/mol. The molecule has 0 saturated carbocycles. The van der Waals surface area contributed by atoms with Crippen LogP contribution in [0.15, 0.2) is 12.1 Å². The Morgan fingerprint density at radius 1 is 1.21 bits per heavy atom. The summed E-state index contributed by atoms with van der Waals surface area (Å²) in [7, 11) is 0. The largest absolute Gasteiger partial charge is 0.271 e. The Hall–Kier alpha value is -1.44. The van der Waals surface area contributed by atoms with Crippen LogP contribution in [0.4, 0.5) is 13.2 Å². The number of thiazole rings is 1. The van der Waals surface area contributed by atoms with E-state index in [0.717, 1.165) is 11.1 Å². The molecule has 0 aliphatic carbocycles. The summed E-state index contributed by atoms with van der Waals surface area (Å²) in [6, 6.07) is 1.29. The zero-order valence-electron chi connectivity index (χ0n) is 10.3. The van der Waals surface area contributed by atoms with Crippen molar-refractivity contribution in [2.45, 2.75) is 19.9 Å². The Bertz CT molecular complexity index is 613. The second kappa shape index (κ2) is 5.28. The van der Waals surface area contributed by atoms with Crippen LogP contribution in [0.2, 0.25) is 0 Å². The molecule has 1 atom stereocenters. The quantitative estimate of drug-likeness (QED) is 0.518. The van der Waals surface area contributed by atoms with Crippen molar-refractivity contribution in [1.29, 1.82) is 0 Å². The molecule has 0 aliphatic rings. The Morgan fingerprint density at radius 2 is 1.89 bits per heavy atom. The topological polar surface area (TPSA) is 50.9 Å². The summed E-state index contributed by atoms with van der Waals surface area (Å²) in [6.07, 6.45) is 0. The standard InChI is InChI=1S/C12H12F3N3S/c1-5-12(19-6(2)17-5)11(18-16)7-3-4-8(13)10(15)9(7)14/h3-4,11,18H,16H2,1-2H3. The summed E-state index contributed by atoms with van der Waals surface area (Å²) in [5, 5.41) is 0.788. The third kappa shape index (κ3) is 2.49. The van der Waals surface area contributed by atoms with Crippen molar-refractivity contribution >= 4 is 11.3 Å². The molecule has 7 heteroatoms. The molecule has 0 fully saturated rings. The molecule has 0 saturated heterocycles. The number of hydrogen-bond donors (Lipinski definition) is 2. The number of nitrogens with one attached hydrogen (secondary N) is 1. The minimum absolute atomic E-state index is 0.0480. The van der Waals surface area contributed by atoms with Gasteiger partial charge in [0.1, 0.15) is 0 Å². The molecule has 0 aliphatic heterocycles. The fraction of sp³-hybridized carbons (Fsp3) is 0.250. The van der Waals surface area contributed by atoms with E-state index in [4.69, 9.17) is 5.84 Å². The van der Waals surface area contributed by atoms with Gasteiger partial charge in [-0.05, 0) is 19.9 Å². The smallest absolute Gasteiger partial charge is 0.194 e. The van der Waals surface area contributed by atoms with Crippen LogP contribution in [0, 0.1) is 31.3 Å². The van der Waals surface area contributed by atoms with Gasteiger partial charge in [-0.1, -0.05) is 6.07 Å². The lowest BCUT2D eigenvalue weighted by Gasteiger charge is -2.16. The molecule has 1 heterocycles. The normalized spacial score (nSPS) is 12.7. The first-order valence-corrected chi connectivity index (χ1v) is 6.30. The molecule has 3 N–H and O–H groups in total. The Balaban J connectivity index is 2.54. The van der Waals surface area contributed by atoms with Crippen molar-refractivity contribution in [3.8, 4) is 0 Å². The maximum Gasteiger partial charge on any atom is 0.194 e. The number of nitrogens with two attached hydrogens (primary N) is 1. The highest BCUT2D eigenvalue weighted by atomic mass is 32.1. The molecule has 1 unspecified atom stereocenters. The van der Waals surface area contributed by atoms with E-state index in [1.165, 1.54) is 17.4 Å². The Kier molecular flexibility index (Phi) is 3.88. The maximum atomic E-state index is 13.8. The molecule has 0 spiro atoms. The molecular weight excluding hydrogens is 275 g/mol. The Labute approximate surface area is 112 Å². The van der Waals surface area contributed by atoms with Gasteiger partial charge >= 0.3 is 0 Å². The molecule has 2 aromatic rings. The molecule has 19 heavy (non-hydrogen) atoms. The number of aryl methyl sites for hydroxylation is 2. The second-order valence-electron chi connectivity index (χ2n) is 4.05. The first kappa shape index (κ1) is 14.0. The zero-order valence-corrected chi connectivity index (χ0v) is 11.1. The van der Waals surface area contributed by atoms with E-state index in [9.17, 15) is 13.2 Å². The van der Waals surface area contributed by atoms with E-state index in [1.54, 1.807) is 13.8 Å². The van der Waals surface area contributed by atoms with E-state index in [1.807, 2.05) is 0 Å². The fourth-order valence-corrected chi connectivity index (χ4v) is 2.89. The van der Waals surface area contributed by atoms with Gasteiger partial charge in [0, 0.05) is 5.56 Å². The number of hydrogen-bond acceptors (Lipinski definition) is 4. The van der Waals surface area contributed by atoms with Crippen molar-refractivity contribution < 1.29 is 13.2 Å². The van der Waals surface area contributed by atoms with Gasteiger partial charge in [0.2, 0.25) is 0 Å². The van der Waals surface area contributed by atoms with E-state index in [-0.39, 0.29) is 5.56 Å². The monoisotopic (exact) mass is 287 g/mol. The van der Waals surface area contributed by atoms with Gasteiger partial charge in [-0.25, -0.2) is 23.6 Å². The van der Waals surface area contributed by atoms with Gasteiger partial charge in [0.05, 0.1) is 21.6 Å². The molecule has 3 nitrogen and oxygen atoms in total. The van der Waals surface area contributed by atoms with Gasteiger partial charge in [0.25, 0.3) is 0 Å². The predicted octanol–water partition coefficient (Wildman–Crippen LogP) is 2.73. The van der Waals surface area contributed by atoms with Crippen molar-refractivity contribution in [2.75, 3.05) is 0 Å². The van der Waals surface area contributed by atoms with Crippen LogP contribution in [0.1, 0.15) is 27.2 Å². The van der Waals surface area contributed by atoms with Crippen molar-refractivity contribution in [3.05, 3.63) is 50.7 Å². The summed E-state index contributed by atoms with van der Waals surface area (Å²) < 4.78 is 40.0. The third-order valence-corrected chi connectivity index (χ3v) is 3.88. The van der Waals surface area contributed by atoms with Crippen LogP contribution < -0.4 is 11.3 Å². The summed E-state index contributed by atoms with van der Waals surface area (Å²) in [5.74, 6) is 1.45. The highest BCUT2D eigenvalue weighted by Gasteiger charge is 2.24. The second-order valence-corrected chi connectivity index (χ2v) is 5.28. The van der Waals surface area contributed by atoms with Crippen molar-refractivity contribution in [2.24, 2.45) is 5.84 Å². The average Bonchev–Trinajstić information content (AvgIpc) is 2.69. The van der Waals surface area contributed by atoms with Gasteiger partial charge < -0.3 is 0 Å². The summed E-state index contributed by atoms with van der Waals surface area (Å²) in [5.41, 5.74) is 3.05. The number of rotatable bonds is 3. The Morgan fingerprint density at radius 3 is 2.42 bits per heavy atom. The highest BCUT2D eigenvalue weighted by molar-refractivity contribution is 7.11. The van der Waals surface area contributed by atoms with E-state index < -0.39 is 23.5 Å². The van der Waals surface area contributed by atoms with Crippen LogP contribution in [-0.4, -0.2) is 4.98 Å². The fourth-order valence-electron chi connectivity index (χ4n) is 1.89. The predicted molar refractivity (Wildman–Crippen MR) is 67.1 cm³/mol. The van der Waals surface area contributed by atoms with Crippen molar-refractivity contribution in [3.63, 3.8) is 0 Å². The summed E-state index contributed by atoms with van der Waals surface area (Å²) in [4.78, 5) is 4.88. The molecule has 1 aromatic heterocycles. The SMILES string of the molecule is Cc1nc(C)c(C(NN)c2ccc(F)c(F)c2F)s1. The van der Waals surface area contributed by atoms with Crippen LogP contribution in [0.5, 0.6) is 0 Å². The minimum Gasteiger partial charge on any atom is -0.271 e. The first-order chi connectivity index (χ1) is 8.95. The number of nitrogens with zero attached hydrogens (tertiary/aromatic N) is 1. The lowest BCUT2D eigenvalue weighted by Crippen LogP contribution is -2.29. The molecule has 2 rings (SSSR count). The van der Waals surface area contributed by atoms with Gasteiger partial charge in [-0.15, -0.1) is 11.3 Å². The molecule has 102 valence electrons. The first-order valence-electron chi connectivity index (χ1n) is 5.49. The number of benzene rings is 1. The van der Waals surface area contributed by atoms with Crippen LogP contribution in [0.25, 0.3) is 0 Å². The number of hydrazine groups is 1. The maximum absolute atomic E-state index is 13.8. The lowest BCUT2D eigenvalue weighted by molar-refractivity contribution is 0.433. The molecular formula is C12H12F3N3S. The number of aromatic nitrogens is 1. The van der Waals surface area contributed by atoms with E-state index in [2.05, 4.69) is 10.4 Å². The summed E-state index contributed by atoms with van der Waals surface area (Å²) in [6.45, 7) is 3.55. The number of halogens is 3. The van der Waals surface area contributed by atoms with Crippen LogP contribution in [-0.2, 0) is 0 Å². The van der Waals surface area contributed by atoms with Crippen LogP contribution >= 0.6 is 11.3 Å². The lowest BCUT2D eigenvalue weighted by atomic mass is 10.0. The molecule has 0 radical (unpaired) electrons.